The predicted molar refractivity (Wildman–Crippen MR) is 79.6 cm³/mol. The first-order chi connectivity index (χ1) is 9.60. The summed E-state index contributed by atoms with van der Waals surface area (Å²) in [6.45, 7) is 3.18. The number of hydrogen-bond acceptors (Lipinski definition) is 3. The third-order valence-corrected chi connectivity index (χ3v) is 4.07. The fourth-order valence-corrected chi connectivity index (χ4v) is 2.98. The lowest BCUT2D eigenvalue weighted by molar-refractivity contribution is 0.0697. The maximum atomic E-state index is 11.0. The minimum atomic E-state index is -0.915. The highest BCUT2D eigenvalue weighted by Crippen LogP contribution is 2.30. The van der Waals surface area contributed by atoms with Crippen molar-refractivity contribution in [1.29, 1.82) is 0 Å². The number of methoxy groups -OCH3 is 1. The van der Waals surface area contributed by atoms with Crippen LogP contribution in [0.15, 0.2) is 18.2 Å². The standard InChI is InChI=1S/C16H23NO3/c1-11-4-3-5-12(8-11)10-17-14-9-13(16(18)19)6-7-15(14)20-2/h6-7,9,11-12,17H,3-5,8,10H2,1-2H3,(H,18,19). The predicted octanol–water partition coefficient (Wildman–Crippen LogP) is 3.63. The molecule has 0 aromatic heterocycles. The maximum Gasteiger partial charge on any atom is 0.335 e. The van der Waals surface area contributed by atoms with Gasteiger partial charge in [0.25, 0.3) is 0 Å². The Balaban J connectivity index is 2.03. The van der Waals surface area contributed by atoms with Gasteiger partial charge in [-0.05, 0) is 42.9 Å². The summed E-state index contributed by atoms with van der Waals surface area (Å²) in [5.74, 6) is 1.24. The summed E-state index contributed by atoms with van der Waals surface area (Å²) in [7, 11) is 1.60. The van der Waals surface area contributed by atoms with Crippen molar-refractivity contribution in [2.24, 2.45) is 11.8 Å². The molecule has 0 spiro atoms. The molecule has 1 fully saturated rings. The normalized spacial score (nSPS) is 22.3. The van der Waals surface area contributed by atoms with Gasteiger partial charge in [-0.1, -0.05) is 19.8 Å². The molecule has 0 radical (unpaired) electrons. The van der Waals surface area contributed by atoms with Crippen LogP contribution in [0, 0.1) is 11.8 Å². The van der Waals surface area contributed by atoms with Crippen molar-refractivity contribution >= 4 is 11.7 Å². The van der Waals surface area contributed by atoms with Gasteiger partial charge in [0, 0.05) is 6.54 Å². The molecule has 0 bridgehead atoms. The third kappa shape index (κ3) is 3.65. The van der Waals surface area contributed by atoms with Gasteiger partial charge in [-0.15, -0.1) is 0 Å². The van der Waals surface area contributed by atoms with E-state index in [2.05, 4.69) is 12.2 Å². The van der Waals surface area contributed by atoms with Gasteiger partial charge in [-0.25, -0.2) is 4.79 Å². The van der Waals surface area contributed by atoms with Crippen LogP contribution in [0.5, 0.6) is 5.75 Å². The third-order valence-electron chi connectivity index (χ3n) is 4.07. The number of nitrogens with one attached hydrogen (secondary N) is 1. The molecule has 1 aromatic carbocycles. The van der Waals surface area contributed by atoms with Crippen LogP contribution < -0.4 is 10.1 Å². The number of benzene rings is 1. The van der Waals surface area contributed by atoms with E-state index in [1.54, 1.807) is 25.3 Å². The summed E-state index contributed by atoms with van der Waals surface area (Å²) in [4.78, 5) is 11.0. The maximum absolute atomic E-state index is 11.0. The number of aromatic carboxylic acids is 1. The molecule has 2 N–H and O–H groups in total. The molecule has 0 amide bonds. The monoisotopic (exact) mass is 277 g/mol. The van der Waals surface area contributed by atoms with Gasteiger partial charge >= 0.3 is 5.97 Å². The van der Waals surface area contributed by atoms with E-state index in [0.717, 1.165) is 18.2 Å². The topological polar surface area (TPSA) is 58.6 Å². The second kappa shape index (κ2) is 6.64. The van der Waals surface area contributed by atoms with Gasteiger partial charge in [-0.3, -0.25) is 0 Å². The highest BCUT2D eigenvalue weighted by atomic mass is 16.5. The Kier molecular flexibility index (Phi) is 4.88. The fourth-order valence-electron chi connectivity index (χ4n) is 2.98. The second-order valence-electron chi connectivity index (χ2n) is 5.74. The zero-order chi connectivity index (χ0) is 14.5. The molecule has 1 aliphatic rings. The lowest BCUT2D eigenvalue weighted by atomic mass is 9.82. The lowest BCUT2D eigenvalue weighted by Gasteiger charge is -2.27. The Hall–Kier alpha value is -1.71. The van der Waals surface area contributed by atoms with Crippen molar-refractivity contribution in [3.05, 3.63) is 23.8 Å². The molecule has 110 valence electrons. The van der Waals surface area contributed by atoms with Crippen molar-refractivity contribution in [2.45, 2.75) is 32.6 Å². The van der Waals surface area contributed by atoms with Crippen LogP contribution in [-0.2, 0) is 0 Å². The molecule has 0 heterocycles. The minimum absolute atomic E-state index is 0.283. The average molecular weight is 277 g/mol. The van der Waals surface area contributed by atoms with Gasteiger partial charge < -0.3 is 15.2 Å². The van der Waals surface area contributed by atoms with Crippen molar-refractivity contribution in [3.63, 3.8) is 0 Å². The average Bonchev–Trinajstić information content (AvgIpc) is 2.44. The molecule has 1 aliphatic carbocycles. The molecule has 0 saturated heterocycles. The molecule has 4 nitrogen and oxygen atoms in total. The first-order valence-corrected chi connectivity index (χ1v) is 7.25. The van der Waals surface area contributed by atoms with E-state index in [-0.39, 0.29) is 5.56 Å². The number of anilines is 1. The fraction of sp³-hybridized carbons (Fsp3) is 0.562. The molecule has 2 atom stereocenters. The summed E-state index contributed by atoms with van der Waals surface area (Å²) < 4.78 is 5.29. The van der Waals surface area contributed by atoms with Crippen LogP contribution in [0.3, 0.4) is 0 Å². The van der Waals surface area contributed by atoms with Gasteiger partial charge in [0.1, 0.15) is 5.75 Å². The van der Waals surface area contributed by atoms with Crippen molar-refractivity contribution in [2.75, 3.05) is 19.0 Å². The summed E-state index contributed by atoms with van der Waals surface area (Å²) in [5, 5.41) is 12.4. The lowest BCUT2D eigenvalue weighted by Crippen LogP contribution is -2.21. The van der Waals surface area contributed by atoms with Crippen LogP contribution in [-0.4, -0.2) is 24.7 Å². The van der Waals surface area contributed by atoms with E-state index in [1.165, 1.54) is 25.7 Å². The van der Waals surface area contributed by atoms with Crippen LogP contribution >= 0.6 is 0 Å². The van der Waals surface area contributed by atoms with E-state index < -0.39 is 5.97 Å². The zero-order valence-electron chi connectivity index (χ0n) is 12.2. The van der Waals surface area contributed by atoms with E-state index in [1.807, 2.05) is 0 Å². The number of hydrogen-bond donors (Lipinski definition) is 2. The number of rotatable bonds is 5. The van der Waals surface area contributed by atoms with E-state index in [0.29, 0.717) is 11.7 Å². The van der Waals surface area contributed by atoms with Crippen molar-refractivity contribution in [3.8, 4) is 5.75 Å². The van der Waals surface area contributed by atoms with Gasteiger partial charge in [0.05, 0.1) is 18.4 Å². The van der Waals surface area contributed by atoms with Crippen LogP contribution in [0.1, 0.15) is 43.0 Å². The van der Waals surface area contributed by atoms with Gasteiger partial charge in [-0.2, -0.15) is 0 Å². The van der Waals surface area contributed by atoms with Crippen LogP contribution in [0.2, 0.25) is 0 Å². The first-order valence-electron chi connectivity index (χ1n) is 7.25. The highest BCUT2D eigenvalue weighted by Gasteiger charge is 2.19. The minimum Gasteiger partial charge on any atom is -0.495 e. The molecule has 0 aliphatic heterocycles. The van der Waals surface area contributed by atoms with Crippen molar-refractivity contribution < 1.29 is 14.6 Å². The Morgan fingerprint density at radius 1 is 1.45 bits per heavy atom. The van der Waals surface area contributed by atoms with Crippen LogP contribution in [0.25, 0.3) is 0 Å². The number of carboxylic acids is 1. The molecular formula is C16H23NO3. The zero-order valence-corrected chi connectivity index (χ0v) is 12.2. The Morgan fingerprint density at radius 2 is 2.25 bits per heavy atom. The molecular weight excluding hydrogens is 254 g/mol. The van der Waals surface area contributed by atoms with Crippen molar-refractivity contribution in [1.82, 2.24) is 0 Å². The van der Waals surface area contributed by atoms with Crippen LogP contribution in [0.4, 0.5) is 5.69 Å². The smallest absolute Gasteiger partial charge is 0.335 e. The second-order valence-corrected chi connectivity index (χ2v) is 5.74. The Morgan fingerprint density at radius 3 is 2.90 bits per heavy atom. The SMILES string of the molecule is COc1ccc(C(=O)O)cc1NCC1CCCC(C)C1. The largest absolute Gasteiger partial charge is 0.495 e. The Bertz CT molecular complexity index is 473. The molecule has 20 heavy (non-hydrogen) atoms. The molecule has 2 unspecified atom stereocenters. The van der Waals surface area contributed by atoms with Gasteiger partial charge in [0.15, 0.2) is 0 Å². The first kappa shape index (κ1) is 14.7. The quantitative estimate of drug-likeness (QED) is 0.862. The summed E-state index contributed by atoms with van der Waals surface area (Å²) in [6.07, 6.45) is 5.11. The van der Waals surface area contributed by atoms with E-state index >= 15 is 0 Å². The summed E-state index contributed by atoms with van der Waals surface area (Å²) in [5.41, 5.74) is 1.05. The highest BCUT2D eigenvalue weighted by molar-refractivity contribution is 5.89. The number of carboxylic acid groups (broad SMARTS) is 1. The van der Waals surface area contributed by atoms with E-state index in [4.69, 9.17) is 9.84 Å². The van der Waals surface area contributed by atoms with Gasteiger partial charge in [0.2, 0.25) is 0 Å². The molecule has 2 rings (SSSR count). The molecule has 4 heteroatoms. The summed E-state index contributed by atoms with van der Waals surface area (Å²) >= 11 is 0. The summed E-state index contributed by atoms with van der Waals surface area (Å²) in [6, 6.07) is 4.91. The molecule has 1 aromatic rings. The number of carbonyl (C=O) groups is 1. The Labute approximate surface area is 120 Å². The number of ether oxygens (including phenoxy) is 1. The van der Waals surface area contributed by atoms with E-state index in [9.17, 15) is 4.79 Å². The molecule has 1 saturated carbocycles.